The minimum absolute atomic E-state index is 0.226. The van der Waals surface area contributed by atoms with E-state index in [1.807, 2.05) is 4.68 Å². The number of piperazine rings is 1. The van der Waals surface area contributed by atoms with Gasteiger partial charge in [0.25, 0.3) is 0 Å². The van der Waals surface area contributed by atoms with Crippen LogP contribution in [0.2, 0.25) is 5.02 Å². The SMILES string of the molecule is Fc1cccc(Cl)c1CN1CCN(Cn2nc3n(c2=S)CCCCC3)CC1. The van der Waals surface area contributed by atoms with E-state index >= 15 is 0 Å². The van der Waals surface area contributed by atoms with Gasteiger partial charge in [0.05, 0.1) is 6.67 Å². The molecule has 27 heavy (non-hydrogen) atoms. The molecule has 8 heteroatoms. The summed E-state index contributed by atoms with van der Waals surface area (Å²) in [4.78, 5) is 4.62. The highest BCUT2D eigenvalue weighted by Gasteiger charge is 2.21. The Bertz CT molecular complexity index is 836. The predicted octanol–water partition coefficient (Wildman–Crippen LogP) is 3.71. The number of fused-ring (bicyclic) bond motifs is 1. The van der Waals surface area contributed by atoms with Gasteiger partial charge in [-0.3, -0.25) is 9.80 Å². The molecule has 0 saturated carbocycles. The molecule has 3 heterocycles. The van der Waals surface area contributed by atoms with Gasteiger partial charge in [-0.1, -0.05) is 24.1 Å². The lowest BCUT2D eigenvalue weighted by Crippen LogP contribution is -2.46. The molecule has 0 unspecified atom stereocenters. The lowest BCUT2D eigenvalue weighted by Gasteiger charge is -2.34. The Morgan fingerprint density at radius 2 is 1.81 bits per heavy atom. The van der Waals surface area contributed by atoms with Gasteiger partial charge in [-0.25, -0.2) is 9.07 Å². The van der Waals surface area contributed by atoms with Crippen molar-refractivity contribution < 1.29 is 4.39 Å². The topological polar surface area (TPSA) is 29.2 Å². The van der Waals surface area contributed by atoms with E-state index in [-0.39, 0.29) is 5.82 Å². The summed E-state index contributed by atoms with van der Waals surface area (Å²) in [5.74, 6) is 0.904. The summed E-state index contributed by atoms with van der Waals surface area (Å²) in [6.45, 7) is 5.86. The molecule has 1 fully saturated rings. The number of aromatic nitrogens is 3. The van der Waals surface area contributed by atoms with E-state index in [1.165, 1.54) is 25.3 Å². The summed E-state index contributed by atoms with van der Waals surface area (Å²) in [7, 11) is 0. The standard InChI is InChI=1S/C19H25ClFN5S/c20-16-5-4-6-17(21)15(16)13-23-9-11-24(12-10-23)14-26-19(27)25-8-3-1-2-7-18(25)22-26/h4-6H,1-3,7-14H2. The molecule has 0 aliphatic carbocycles. The normalized spacial score (nSPS) is 19.0. The fourth-order valence-corrected chi connectivity index (χ4v) is 4.42. The molecule has 1 aromatic carbocycles. The molecular formula is C19H25ClFN5S. The molecule has 5 nitrogen and oxygen atoms in total. The zero-order valence-electron chi connectivity index (χ0n) is 15.4. The number of halogens is 2. The van der Waals surface area contributed by atoms with Crippen molar-refractivity contribution >= 4 is 23.8 Å². The first-order chi connectivity index (χ1) is 13.1. The van der Waals surface area contributed by atoms with Gasteiger partial charge >= 0.3 is 0 Å². The molecule has 2 aromatic rings. The Morgan fingerprint density at radius 3 is 2.59 bits per heavy atom. The van der Waals surface area contributed by atoms with Gasteiger partial charge in [0, 0.05) is 56.3 Å². The van der Waals surface area contributed by atoms with Crippen molar-refractivity contribution in [1.29, 1.82) is 0 Å². The highest BCUT2D eigenvalue weighted by Crippen LogP contribution is 2.21. The van der Waals surface area contributed by atoms with E-state index in [4.69, 9.17) is 28.9 Å². The third-order valence-electron chi connectivity index (χ3n) is 5.52. The fourth-order valence-electron chi connectivity index (χ4n) is 3.90. The van der Waals surface area contributed by atoms with Gasteiger partial charge < -0.3 is 4.57 Å². The van der Waals surface area contributed by atoms with Gasteiger partial charge in [0.2, 0.25) is 0 Å². The Balaban J connectivity index is 1.36. The van der Waals surface area contributed by atoms with Crippen molar-refractivity contribution in [2.24, 2.45) is 0 Å². The first-order valence-electron chi connectivity index (χ1n) is 9.66. The Labute approximate surface area is 169 Å². The summed E-state index contributed by atoms with van der Waals surface area (Å²) >= 11 is 11.8. The second kappa shape index (κ2) is 8.39. The smallest absolute Gasteiger partial charge is 0.199 e. The van der Waals surface area contributed by atoms with E-state index in [1.54, 1.807) is 12.1 Å². The van der Waals surface area contributed by atoms with Crippen LogP contribution in [0.3, 0.4) is 0 Å². The molecule has 0 atom stereocenters. The lowest BCUT2D eigenvalue weighted by atomic mass is 10.2. The average molecular weight is 410 g/mol. The number of rotatable bonds is 4. The zero-order valence-corrected chi connectivity index (χ0v) is 17.0. The number of nitrogens with zero attached hydrogens (tertiary/aromatic N) is 5. The summed E-state index contributed by atoms with van der Waals surface area (Å²) in [5.41, 5.74) is 0.590. The molecule has 0 amide bonds. The van der Waals surface area contributed by atoms with Crippen molar-refractivity contribution in [2.75, 3.05) is 26.2 Å². The molecule has 1 saturated heterocycles. The monoisotopic (exact) mass is 409 g/mol. The van der Waals surface area contributed by atoms with Crippen molar-refractivity contribution in [3.63, 3.8) is 0 Å². The number of benzene rings is 1. The Hall–Kier alpha value is -1.28. The van der Waals surface area contributed by atoms with E-state index in [0.29, 0.717) is 17.1 Å². The van der Waals surface area contributed by atoms with Crippen LogP contribution in [-0.4, -0.2) is 50.3 Å². The molecule has 0 N–H and O–H groups in total. The van der Waals surface area contributed by atoms with Crippen molar-refractivity contribution in [3.05, 3.63) is 45.2 Å². The van der Waals surface area contributed by atoms with Crippen LogP contribution in [0.1, 0.15) is 30.7 Å². The molecule has 4 rings (SSSR count). The van der Waals surface area contributed by atoms with Crippen LogP contribution in [0.15, 0.2) is 18.2 Å². The second-order valence-electron chi connectivity index (χ2n) is 7.40. The maximum absolute atomic E-state index is 14.0. The lowest BCUT2D eigenvalue weighted by molar-refractivity contribution is 0.0972. The number of hydrogen-bond donors (Lipinski definition) is 0. The fraction of sp³-hybridized carbons (Fsp3) is 0.579. The van der Waals surface area contributed by atoms with Gasteiger partial charge in [-0.15, -0.1) is 0 Å². The third-order valence-corrected chi connectivity index (χ3v) is 6.31. The van der Waals surface area contributed by atoms with Gasteiger partial charge in [0.15, 0.2) is 4.77 Å². The maximum atomic E-state index is 14.0. The minimum Gasteiger partial charge on any atom is -0.304 e. The van der Waals surface area contributed by atoms with E-state index < -0.39 is 0 Å². The first kappa shape index (κ1) is 19.1. The maximum Gasteiger partial charge on any atom is 0.199 e. The van der Waals surface area contributed by atoms with Crippen molar-refractivity contribution in [2.45, 2.75) is 45.4 Å². The molecule has 2 aliphatic heterocycles. The van der Waals surface area contributed by atoms with Crippen molar-refractivity contribution in [1.82, 2.24) is 24.1 Å². The molecular weight excluding hydrogens is 385 g/mol. The summed E-state index contributed by atoms with van der Waals surface area (Å²) in [6.07, 6.45) is 4.66. The molecule has 2 aliphatic rings. The van der Waals surface area contributed by atoms with Gasteiger partial charge in [0.1, 0.15) is 11.6 Å². The highest BCUT2D eigenvalue weighted by atomic mass is 35.5. The van der Waals surface area contributed by atoms with Crippen LogP contribution in [0.4, 0.5) is 4.39 Å². The van der Waals surface area contributed by atoms with Crippen LogP contribution in [0, 0.1) is 10.6 Å². The first-order valence-corrected chi connectivity index (χ1v) is 10.4. The molecule has 1 aromatic heterocycles. The molecule has 146 valence electrons. The highest BCUT2D eigenvalue weighted by molar-refractivity contribution is 7.71. The van der Waals surface area contributed by atoms with E-state index in [9.17, 15) is 4.39 Å². The number of hydrogen-bond acceptors (Lipinski definition) is 4. The molecule has 0 spiro atoms. The largest absolute Gasteiger partial charge is 0.304 e. The second-order valence-corrected chi connectivity index (χ2v) is 8.17. The Morgan fingerprint density at radius 1 is 1.04 bits per heavy atom. The van der Waals surface area contributed by atoms with Crippen LogP contribution in [0.5, 0.6) is 0 Å². The quantitative estimate of drug-likeness (QED) is 0.720. The third kappa shape index (κ3) is 4.26. The van der Waals surface area contributed by atoms with E-state index in [0.717, 1.165) is 56.4 Å². The summed E-state index contributed by atoms with van der Waals surface area (Å²) in [5, 5.41) is 5.27. The van der Waals surface area contributed by atoms with E-state index in [2.05, 4.69) is 14.4 Å². The molecule has 0 radical (unpaired) electrons. The van der Waals surface area contributed by atoms with Gasteiger partial charge in [-0.2, -0.15) is 5.10 Å². The van der Waals surface area contributed by atoms with Crippen LogP contribution < -0.4 is 0 Å². The zero-order chi connectivity index (χ0) is 18.8. The van der Waals surface area contributed by atoms with Gasteiger partial charge in [-0.05, 0) is 37.2 Å². The predicted molar refractivity (Wildman–Crippen MR) is 107 cm³/mol. The van der Waals surface area contributed by atoms with Crippen LogP contribution >= 0.6 is 23.8 Å². The average Bonchev–Trinajstić information content (AvgIpc) is 2.83. The minimum atomic E-state index is -0.226. The summed E-state index contributed by atoms with van der Waals surface area (Å²) < 4.78 is 19.0. The van der Waals surface area contributed by atoms with Crippen LogP contribution in [-0.2, 0) is 26.2 Å². The number of aryl methyl sites for hydroxylation is 1. The van der Waals surface area contributed by atoms with Crippen molar-refractivity contribution in [3.8, 4) is 0 Å². The molecule has 0 bridgehead atoms. The Kier molecular flexibility index (Phi) is 5.92. The summed E-state index contributed by atoms with van der Waals surface area (Å²) in [6, 6.07) is 4.87. The van der Waals surface area contributed by atoms with Crippen LogP contribution in [0.25, 0.3) is 0 Å².